The second-order valence-corrected chi connectivity index (χ2v) is 5.13. The maximum atomic E-state index is 11.3. The Kier molecular flexibility index (Phi) is 5.35. The molecule has 4 heteroatoms. The molecule has 0 saturated carbocycles. The number of benzene rings is 1. The average Bonchev–Trinajstić information content (AvgIpc) is 2.35. The van der Waals surface area contributed by atoms with Crippen molar-refractivity contribution in [2.45, 2.75) is 25.2 Å². The van der Waals surface area contributed by atoms with Gasteiger partial charge in [-0.3, -0.25) is 0 Å². The second-order valence-electron chi connectivity index (χ2n) is 4.07. The van der Waals surface area contributed by atoms with Gasteiger partial charge >= 0.3 is 5.97 Å². The molecule has 0 saturated heterocycles. The predicted octanol–water partition coefficient (Wildman–Crippen LogP) is 3.19. The molecule has 1 atom stereocenters. The molecule has 1 aromatic carbocycles. The van der Waals surface area contributed by atoms with Gasteiger partial charge in [0, 0.05) is 16.3 Å². The fraction of sp³-hybridized carbons (Fsp3) is 0.462. The lowest BCUT2D eigenvalue weighted by Crippen LogP contribution is -2.03. The SMILES string of the molecule is CCC(C)CSc1ccc(C(=O)OC)cc1N. The summed E-state index contributed by atoms with van der Waals surface area (Å²) in [5.41, 5.74) is 7.05. The van der Waals surface area contributed by atoms with Crippen molar-refractivity contribution in [2.75, 3.05) is 18.6 Å². The third kappa shape index (κ3) is 3.97. The van der Waals surface area contributed by atoms with Gasteiger partial charge in [-0.05, 0) is 24.1 Å². The normalized spacial score (nSPS) is 12.2. The largest absolute Gasteiger partial charge is 0.465 e. The van der Waals surface area contributed by atoms with Gasteiger partial charge in [0.05, 0.1) is 12.7 Å². The summed E-state index contributed by atoms with van der Waals surface area (Å²) in [6.07, 6.45) is 1.16. The van der Waals surface area contributed by atoms with Crippen LogP contribution in [0, 0.1) is 5.92 Å². The molecule has 0 aliphatic heterocycles. The van der Waals surface area contributed by atoms with E-state index in [9.17, 15) is 4.79 Å². The van der Waals surface area contributed by atoms with Gasteiger partial charge in [-0.15, -0.1) is 11.8 Å². The van der Waals surface area contributed by atoms with Crippen molar-refractivity contribution in [3.63, 3.8) is 0 Å². The molecular weight excluding hydrogens is 234 g/mol. The van der Waals surface area contributed by atoms with Crippen molar-refractivity contribution in [1.29, 1.82) is 0 Å². The molecule has 0 amide bonds. The van der Waals surface area contributed by atoms with Crippen LogP contribution in [0.15, 0.2) is 23.1 Å². The summed E-state index contributed by atoms with van der Waals surface area (Å²) in [6, 6.07) is 5.31. The fourth-order valence-electron chi connectivity index (χ4n) is 1.27. The monoisotopic (exact) mass is 253 g/mol. The number of esters is 1. The Morgan fingerprint density at radius 1 is 1.53 bits per heavy atom. The van der Waals surface area contributed by atoms with Crippen molar-refractivity contribution in [2.24, 2.45) is 5.92 Å². The zero-order valence-corrected chi connectivity index (χ0v) is 11.3. The van der Waals surface area contributed by atoms with E-state index in [2.05, 4.69) is 18.6 Å². The maximum absolute atomic E-state index is 11.3. The number of thioether (sulfide) groups is 1. The van der Waals surface area contributed by atoms with Crippen LogP contribution in [0.5, 0.6) is 0 Å². The van der Waals surface area contributed by atoms with Gasteiger partial charge in [-0.25, -0.2) is 4.79 Å². The standard InChI is InChI=1S/C13H19NO2S/c1-4-9(2)8-17-12-6-5-10(7-11(12)14)13(15)16-3/h5-7,9H,4,8,14H2,1-3H3. The second kappa shape index (κ2) is 6.55. The number of hydrogen-bond donors (Lipinski definition) is 1. The van der Waals surface area contributed by atoms with Crippen LogP contribution in [0.25, 0.3) is 0 Å². The summed E-state index contributed by atoms with van der Waals surface area (Å²) >= 11 is 1.73. The van der Waals surface area contributed by atoms with Gasteiger partial charge in [0.25, 0.3) is 0 Å². The molecule has 0 radical (unpaired) electrons. The Bertz CT molecular complexity index is 393. The summed E-state index contributed by atoms with van der Waals surface area (Å²) < 4.78 is 4.65. The number of nitrogens with two attached hydrogens (primary N) is 1. The highest BCUT2D eigenvalue weighted by molar-refractivity contribution is 7.99. The van der Waals surface area contributed by atoms with Crippen molar-refractivity contribution in [3.05, 3.63) is 23.8 Å². The van der Waals surface area contributed by atoms with Gasteiger partial charge in [0.15, 0.2) is 0 Å². The van der Waals surface area contributed by atoms with E-state index < -0.39 is 0 Å². The molecule has 0 aliphatic carbocycles. The lowest BCUT2D eigenvalue weighted by Gasteiger charge is -2.10. The summed E-state index contributed by atoms with van der Waals surface area (Å²) in [6.45, 7) is 4.39. The number of carbonyl (C=O) groups excluding carboxylic acids is 1. The van der Waals surface area contributed by atoms with Crippen LogP contribution in [0.1, 0.15) is 30.6 Å². The molecular formula is C13H19NO2S. The molecule has 1 unspecified atom stereocenters. The summed E-state index contributed by atoms with van der Waals surface area (Å²) in [5, 5.41) is 0. The van der Waals surface area contributed by atoms with E-state index in [0.717, 1.165) is 17.1 Å². The minimum atomic E-state index is -0.352. The van der Waals surface area contributed by atoms with E-state index in [4.69, 9.17) is 5.73 Å². The van der Waals surface area contributed by atoms with Gasteiger partial charge in [0.2, 0.25) is 0 Å². The van der Waals surface area contributed by atoms with Gasteiger partial charge < -0.3 is 10.5 Å². The first-order valence-corrected chi connectivity index (χ1v) is 6.67. The van der Waals surface area contributed by atoms with Gasteiger partial charge in [0.1, 0.15) is 0 Å². The van der Waals surface area contributed by atoms with Crippen molar-refractivity contribution < 1.29 is 9.53 Å². The van der Waals surface area contributed by atoms with Gasteiger partial charge in [-0.2, -0.15) is 0 Å². The predicted molar refractivity (Wildman–Crippen MR) is 72.4 cm³/mol. The van der Waals surface area contributed by atoms with Crippen LogP contribution < -0.4 is 5.73 Å². The van der Waals surface area contributed by atoms with E-state index in [1.54, 1.807) is 23.9 Å². The zero-order valence-electron chi connectivity index (χ0n) is 10.5. The molecule has 0 fully saturated rings. The molecule has 0 aromatic heterocycles. The molecule has 2 N–H and O–H groups in total. The molecule has 94 valence electrons. The van der Waals surface area contributed by atoms with Crippen LogP contribution in [0.3, 0.4) is 0 Å². The quantitative estimate of drug-likeness (QED) is 0.497. The summed E-state index contributed by atoms with van der Waals surface area (Å²) in [7, 11) is 1.37. The number of ether oxygens (including phenoxy) is 1. The lowest BCUT2D eigenvalue weighted by atomic mass is 10.2. The highest BCUT2D eigenvalue weighted by Gasteiger charge is 2.09. The van der Waals surface area contributed by atoms with Crippen LogP contribution in [0.4, 0.5) is 5.69 Å². The number of hydrogen-bond acceptors (Lipinski definition) is 4. The van der Waals surface area contributed by atoms with Crippen molar-refractivity contribution in [3.8, 4) is 0 Å². The lowest BCUT2D eigenvalue weighted by molar-refractivity contribution is 0.0600. The number of rotatable bonds is 5. The molecule has 3 nitrogen and oxygen atoms in total. The number of methoxy groups -OCH3 is 1. The molecule has 0 bridgehead atoms. The molecule has 1 rings (SSSR count). The van der Waals surface area contributed by atoms with Gasteiger partial charge in [-0.1, -0.05) is 20.3 Å². The van der Waals surface area contributed by atoms with Crippen LogP contribution >= 0.6 is 11.8 Å². The molecule has 17 heavy (non-hydrogen) atoms. The number of nitrogen functional groups attached to an aromatic ring is 1. The zero-order chi connectivity index (χ0) is 12.8. The minimum absolute atomic E-state index is 0.352. The Morgan fingerprint density at radius 3 is 2.76 bits per heavy atom. The van der Waals surface area contributed by atoms with Crippen LogP contribution in [-0.4, -0.2) is 18.8 Å². The van der Waals surface area contributed by atoms with E-state index in [1.165, 1.54) is 7.11 Å². The van der Waals surface area contributed by atoms with Crippen LogP contribution in [0.2, 0.25) is 0 Å². The first kappa shape index (κ1) is 13.9. The molecule has 0 aliphatic rings. The van der Waals surface area contributed by atoms with Crippen molar-refractivity contribution in [1.82, 2.24) is 0 Å². The van der Waals surface area contributed by atoms with E-state index >= 15 is 0 Å². The smallest absolute Gasteiger partial charge is 0.337 e. The Balaban J connectivity index is 2.73. The number of anilines is 1. The minimum Gasteiger partial charge on any atom is -0.465 e. The fourth-order valence-corrected chi connectivity index (χ4v) is 2.36. The molecule has 0 heterocycles. The highest BCUT2D eigenvalue weighted by Crippen LogP contribution is 2.28. The first-order valence-electron chi connectivity index (χ1n) is 5.69. The molecule has 1 aromatic rings. The van der Waals surface area contributed by atoms with E-state index in [0.29, 0.717) is 17.2 Å². The first-order chi connectivity index (χ1) is 8.08. The Morgan fingerprint density at radius 2 is 2.24 bits per heavy atom. The van der Waals surface area contributed by atoms with Crippen LogP contribution in [-0.2, 0) is 4.74 Å². The third-order valence-electron chi connectivity index (χ3n) is 2.65. The highest BCUT2D eigenvalue weighted by atomic mass is 32.2. The van der Waals surface area contributed by atoms with E-state index in [1.807, 2.05) is 6.07 Å². The Labute approximate surface area is 107 Å². The number of carbonyl (C=O) groups is 1. The summed E-state index contributed by atoms with van der Waals surface area (Å²) in [4.78, 5) is 12.3. The maximum Gasteiger partial charge on any atom is 0.337 e. The molecule has 0 spiro atoms. The third-order valence-corrected chi connectivity index (χ3v) is 4.07. The Hall–Kier alpha value is -1.16. The average molecular weight is 253 g/mol. The topological polar surface area (TPSA) is 52.3 Å². The van der Waals surface area contributed by atoms with Crippen molar-refractivity contribution >= 4 is 23.4 Å². The summed E-state index contributed by atoms with van der Waals surface area (Å²) in [5.74, 6) is 1.35. The van der Waals surface area contributed by atoms with E-state index in [-0.39, 0.29) is 5.97 Å².